The van der Waals surface area contributed by atoms with E-state index >= 15 is 0 Å². The van der Waals surface area contributed by atoms with Crippen LogP contribution in [0.4, 0.5) is 14.5 Å². The molecule has 1 heterocycles. The summed E-state index contributed by atoms with van der Waals surface area (Å²) in [4.78, 5) is 4.51. The Hall–Kier alpha value is -2.49. The van der Waals surface area contributed by atoms with Gasteiger partial charge in [0.15, 0.2) is 11.6 Å². The van der Waals surface area contributed by atoms with E-state index in [4.69, 9.17) is 0 Å². The van der Waals surface area contributed by atoms with Crippen molar-refractivity contribution in [3.05, 3.63) is 59.7 Å². The maximum Gasteiger partial charge on any atom is 0.161 e. The highest BCUT2D eigenvalue weighted by Gasteiger charge is 2.15. The molecule has 1 aromatic heterocycles. The molecule has 2 aromatic carbocycles. The average molecular weight is 284 g/mol. The zero-order chi connectivity index (χ0) is 15.0. The molecule has 0 radical (unpaired) electrons. The zero-order valence-electron chi connectivity index (χ0n) is 11.7. The third-order valence-electron chi connectivity index (χ3n) is 3.57. The lowest BCUT2D eigenvalue weighted by molar-refractivity contribution is 0.510. The van der Waals surface area contributed by atoms with E-state index in [-0.39, 0.29) is 0 Å². The van der Waals surface area contributed by atoms with E-state index in [1.54, 1.807) is 7.05 Å². The molecule has 0 aliphatic rings. The van der Waals surface area contributed by atoms with E-state index in [0.29, 0.717) is 10.9 Å². The Morgan fingerprint density at radius 2 is 1.67 bits per heavy atom. The Morgan fingerprint density at radius 1 is 1.00 bits per heavy atom. The van der Waals surface area contributed by atoms with Crippen LogP contribution in [0, 0.1) is 18.6 Å². The summed E-state index contributed by atoms with van der Waals surface area (Å²) in [7, 11) is 1.76. The zero-order valence-corrected chi connectivity index (χ0v) is 11.7. The lowest BCUT2D eigenvalue weighted by atomic mass is 10.0. The number of halogens is 2. The van der Waals surface area contributed by atoms with Crippen LogP contribution in [0.1, 0.15) is 5.56 Å². The number of aromatic nitrogens is 1. The van der Waals surface area contributed by atoms with Gasteiger partial charge in [-0.3, -0.25) is 0 Å². The number of nitrogens with zero attached hydrogens (tertiary/aromatic N) is 1. The number of pyridine rings is 1. The molecule has 1 N–H and O–H groups in total. The Labute approximate surface area is 121 Å². The molecule has 0 saturated carbocycles. The normalized spacial score (nSPS) is 10.9. The third-order valence-corrected chi connectivity index (χ3v) is 3.57. The molecule has 4 heteroatoms. The van der Waals surface area contributed by atoms with Crippen LogP contribution >= 0.6 is 0 Å². The molecule has 0 aliphatic carbocycles. The van der Waals surface area contributed by atoms with Crippen LogP contribution in [0.5, 0.6) is 0 Å². The lowest BCUT2D eigenvalue weighted by Crippen LogP contribution is -2.00. The summed E-state index contributed by atoms with van der Waals surface area (Å²) in [5.74, 6) is -1.76. The number of hydrogen-bond donors (Lipinski definition) is 1. The lowest BCUT2D eigenvalue weighted by Gasteiger charge is -2.14. The molecule has 0 fully saturated rings. The predicted molar refractivity (Wildman–Crippen MR) is 81.4 cm³/mol. The highest BCUT2D eigenvalue weighted by molar-refractivity contribution is 5.96. The smallest absolute Gasteiger partial charge is 0.161 e. The van der Waals surface area contributed by atoms with E-state index in [9.17, 15) is 8.78 Å². The minimum atomic E-state index is -0.889. The summed E-state index contributed by atoms with van der Waals surface area (Å²) in [6.07, 6.45) is 0. The van der Waals surface area contributed by atoms with Crippen molar-refractivity contribution in [2.45, 2.75) is 6.92 Å². The molecule has 3 aromatic rings. The maximum atomic E-state index is 13.5. The van der Waals surface area contributed by atoms with Gasteiger partial charge >= 0.3 is 0 Å². The van der Waals surface area contributed by atoms with Gasteiger partial charge in [0.05, 0.1) is 11.2 Å². The molecule has 0 spiro atoms. The molecule has 3 rings (SSSR count). The Balaban J connectivity index is 2.38. The maximum absolute atomic E-state index is 13.5. The Kier molecular flexibility index (Phi) is 3.29. The number of benzene rings is 2. The van der Waals surface area contributed by atoms with Crippen molar-refractivity contribution in [1.29, 1.82) is 0 Å². The molecular weight excluding hydrogens is 270 g/mol. The van der Waals surface area contributed by atoms with Gasteiger partial charge in [-0.2, -0.15) is 0 Å². The van der Waals surface area contributed by atoms with E-state index in [2.05, 4.69) is 10.3 Å². The molecule has 106 valence electrons. The Morgan fingerprint density at radius 3 is 2.33 bits per heavy atom. The van der Waals surface area contributed by atoms with Gasteiger partial charge in [0.2, 0.25) is 0 Å². The molecule has 0 amide bonds. The van der Waals surface area contributed by atoms with Gasteiger partial charge in [0.25, 0.3) is 0 Å². The summed E-state index contributed by atoms with van der Waals surface area (Å²) in [5.41, 5.74) is 3.80. The molecule has 0 aliphatic heterocycles. The first-order chi connectivity index (χ1) is 10.1. The summed E-state index contributed by atoms with van der Waals surface area (Å²) in [6, 6.07) is 12.0. The predicted octanol–water partition coefficient (Wildman–Crippen LogP) is 4.53. The second kappa shape index (κ2) is 5.13. The first-order valence-corrected chi connectivity index (χ1v) is 6.64. The molecule has 21 heavy (non-hydrogen) atoms. The van der Waals surface area contributed by atoms with Gasteiger partial charge in [-0.25, -0.2) is 13.8 Å². The summed E-state index contributed by atoms with van der Waals surface area (Å²) in [6.45, 7) is 1.92. The van der Waals surface area contributed by atoms with Gasteiger partial charge in [-0.1, -0.05) is 30.3 Å². The molecular formula is C17H14F2N2. The molecule has 0 unspecified atom stereocenters. The largest absolute Gasteiger partial charge is 0.387 e. The third kappa shape index (κ3) is 2.23. The molecule has 0 bridgehead atoms. The van der Waals surface area contributed by atoms with Gasteiger partial charge in [0, 0.05) is 29.8 Å². The first kappa shape index (κ1) is 13.5. The summed E-state index contributed by atoms with van der Waals surface area (Å²) in [5, 5.41) is 3.64. The van der Waals surface area contributed by atoms with Gasteiger partial charge < -0.3 is 5.32 Å². The van der Waals surface area contributed by atoms with Crippen molar-refractivity contribution in [2.24, 2.45) is 0 Å². The molecule has 0 saturated heterocycles. The number of fused-ring (bicyclic) bond motifs is 1. The monoisotopic (exact) mass is 284 g/mol. The van der Waals surface area contributed by atoms with Crippen molar-refractivity contribution in [3.8, 4) is 11.3 Å². The van der Waals surface area contributed by atoms with Gasteiger partial charge in [-0.15, -0.1) is 0 Å². The Bertz CT molecular complexity index is 814. The molecule has 0 atom stereocenters. The SMILES string of the molecule is CNc1c(C)c(-c2ccccc2)nc2cc(F)c(F)cc12. The summed E-state index contributed by atoms with van der Waals surface area (Å²) >= 11 is 0. The van der Waals surface area contributed by atoms with E-state index in [1.165, 1.54) is 6.07 Å². The van der Waals surface area contributed by atoms with Crippen LogP contribution in [0.15, 0.2) is 42.5 Å². The van der Waals surface area contributed by atoms with Crippen LogP contribution in [-0.2, 0) is 0 Å². The van der Waals surface area contributed by atoms with Crippen LogP contribution < -0.4 is 5.32 Å². The minimum absolute atomic E-state index is 0.433. The van der Waals surface area contributed by atoms with Crippen LogP contribution in [0.2, 0.25) is 0 Å². The van der Waals surface area contributed by atoms with Gasteiger partial charge in [0.1, 0.15) is 0 Å². The first-order valence-electron chi connectivity index (χ1n) is 6.64. The van der Waals surface area contributed by atoms with Crippen molar-refractivity contribution in [2.75, 3.05) is 12.4 Å². The van der Waals surface area contributed by atoms with E-state index in [1.807, 2.05) is 37.3 Å². The van der Waals surface area contributed by atoms with Crippen molar-refractivity contribution < 1.29 is 8.78 Å². The molecule has 2 nitrogen and oxygen atoms in total. The number of nitrogens with one attached hydrogen (secondary N) is 1. The minimum Gasteiger partial charge on any atom is -0.387 e. The van der Waals surface area contributed by atoms with Crippen LogP contribution in [0.25, 0.3) is 22.2 Å². The number of anilines is 1. The second-order valence-electron chi connectivity index (χ2n) is 4.86. The van der Waals surface area contributed by atoms with Crippen molar-refractivity contribution >= 4 is 16.6 Å². The van der Waals surface area contributed by atoms with Crippen LogP contribution in [-0.4, -0.2) is 12.0 Å². The number of hydrogen-bond acceptors (Lipinski definition) is 2. The highest BCUT2D eigenvalue weighted by atomic mass is 19.2. The van der Waals surface area contributed by atoms with Crippen LogP contribution in [0.3, 0.4) is 0 Å². The van der Waals surface area contributed by atoms with Gasteiger partial charge in [-0.05, 0) is 18.6 Å². The highest BCUT2D eigenvalue weighted by Crippen LogP contribution is 2.33. The van der Waals surface area contributed by atoms with Crippen molar-refractivity contribution in [1.82, 2.24) is 4.98 Å². The number of rotatable bonds is 2. The fourth-order valence-corrected chi connectivity index (χ4v) is 2.55. The fourth-order valence-electron chi connectivity index (χ4n) is 2.55. The fraction of sp³-hybridized carbons (Fsp3) is 0.118. The average Bonchev–Trinajstić information content (AvgIpc) is 2.50. The van der Waals surface area contributed by atoms with E-state index in [0.717, 1.165) is 28.6 Å². The standard InChI is InChI=1S/C17H14F2N2/c1-10-16(11-6-4-3-5-7-11)21-15-9-14(19)13(18)8-12(15)17(10)20-2/h3-9H,1-2H3,(H,20,21). The second-order valence-corrected chi connectivity index (χ2v) is 4.86. The summed E-state index contributed by atoms with van der Waals surface area (Å²) < 4.78 is 27.0. The topological polar surface area (TPSA) is 24.9 Å². The quantitative estimate of drug-likeness (QED) is 0.748. The van der Waals surface area contributed by atoms with Crippen molar-refractivity contribution in [3.63, 3.8) is 0 Å². The van der Waals surface area contributed by atoms with E-state index < -0.39 is 11.6 Å².